The molecule has 2 N–H and O–H groups in total. The highest BCUT2D eigenvalue weighted by Gasteiger charge is 2.27. The zero-order valence-corrected chi connectivity index (χ0v) is 15.7. The number of carbonyl (C=O) groups is 3. The Morgan fingerprint density at radius 3 is 1.65 bits per heavy atom. The van der Waals surface area contributed by atoms with Gasteiger partial charge in [-0.1, -0.05) is 0 Å². The molecule has 0 rings (SSSR count). The molecular weight excluding hydrogens is 346 g/mol. The van der Waals surface area contributed by atoms with Crippen molar-refractivity contribution in [1.29, 1.82) is 0 Å². The summed E-state index contributed by atoms with van der Waals surface area (Å²) >= 11 is 0. The van der Waals surface area contributed by atoms with E-state index in [9.17, 15) is 14.4 Å². The molecule has 9 heteroatoms. The summed E-state index contributed by atoms with van der Waals surface area (Å²) in [5, 5.41) is 0. The van der Waals surface area contributed by atoms with E-state index >= 15 is 0 Å². The van der Waals surface area contributed by atoms with Gasteiger partial charge in [0.05, 0.1) is 71.2 Å². The van der Waals surface area contributed by atoms with Gasteiger partial charge >= 0.3 is 11.9 Å². The second-order valence-corrected chi connectivity index (χ2v) is 5.59. The SMILES string of the molecule is CCOC(=O)CCOCC(N)(COCCC=O)COCCC(=O)OCC. The van der Waals surface area contributed by atoms with E-state index < -0.39 is 5.54 Å². The van der Waals surface area contributed by atoms with Crippen LogP contribution in [0.15, 0.2) is 0 Å². The predicted octanol–water partition coefficient (Wildman–Crippen LogP) is 0.229. The Hall–Kier alpha value is -1.55. The summed E-state index contributed by atoms with van der Waals surface area (Å²) in [6.07, 6.45) is 1.27. The Morgan fingerprint density at radius 1 is 0.846 bits per heavy atom. The van der Waals surface area contributed by atoms with Gasteiger partial charge in [-0.05, 0) is 13.8 Å². The molecule has 0 aliphatic heterocycles. The van der Waals surface area contributed by atoms with Crippen molar-refractivity contribution >= 4 is 18.2 Å². The monoisotopic (exact) mass is 377 g/mol. The van der Waals surface area contributed by atoms with Crippen LogP contribution < -0.4 is 5.73 Å². The van der Waals surface area contributed by atoms with Gasteiger partial charge in [0.2, 0.25) is 0 Å². The van der Waals surface area contributed by atoms with Crippen molar-refractivity contribution in [3.63, 3.8) is 0 Å². The van der Waals surface area contributed by atoms with Crippen LogP contribution in [0.5, 0.6) is 0 Å². The minimum absolute atomic E-state index is 0.0902. The van der Waals surface area contributed by atoms with E-state index in [0.29, 0.717) is 13.2 Å². The molecule has 0 saturated heterocycles. The zero-order chi connectivity index (χ0) is 19.7. The standard InChI is InChI=1S/C17H31NO8/c1-3-25-15(20)6-10-23-13-17(18,12-22-9-5-8-19)14-24-11-7-16(21)26-4-2/h8H,3-7,9-14,18H2,1-2H3. The Balaban J connectivity index is 4.24. The minimum atomic E-state index is -0.966. The first-order valence-corrected chi connectivity index (χ1v) is 8.74. The van der Waals surface area contributed by atoms with Crippen molar-refractivity contribution in [2.24, 2.45) is 5.73 Å². The van der Waals surface area contributed by atoms with E-state index in [4.69, 9.17) is 29.4 Å². The Morgan fingerprint density at radius 2 is 1.27 bits per heavy atom. The summed E-state index contributed by atoms with van der Waals surface area (Å²) in [7, 11) is 0. The molecule has 0 spiro atoms. The maximum Gasteiger partial charge on any atom is 0.308 e. The van der Waals surface area contributed by atoms with Gasteiger partial charge in [-0.25, -0.2) is 0 Å². The predicted molar refractivity (Wildman–Crippen MR) is 92.6 cm³/mol. The smallest absolute Gasteiger partial charge is 0.308 e. The van der Waals surface area contributed by atoms with Crippen LogP contribution in [-0.4, -0.2) is 76.6 Å². The molecule has 0 amide bonds. The van der Waals surface area contributed by atoms with Crippen LogP contribution in [0, 0.1) is 0 Å². The van der Waals surface area contributed by atoms with Gasteiger partial charge in [0.1, 0.15) is 6.29 Å². The van der Waals surface area contributed by atoms with Crippen LogP contribution >= 0.6 is 0 Å². The minimum Gasteiger partial charge on any atom is -0.466 e. The third-order valence-corrected chi connectivity index (χ3v) is 3.06. The van der Waals surface area contributed by atoms with E-state index in [1.165, 1.54) is 0 Å². The highest BCUT2D eigenvalue weighted by Crippen LogP contribution is 2.06. The van der Waals surface area contributed by atoms with Crippen molar-refractivity contribution < 1.29 is 38.1 Å². The first-order chi connectivity index (χ1) is 12.5. The molecule has 26 heavy (non-hydrogen) atoms. The fourth-order valence-electron chi connectivity index (χ4n) is 1.86. The molecule has 0 unspecified atom stereocenters. The molecule has 0 bridgehead atoms. The van der Waals surface area contributed by atoms with Gasteiger partial charge in [-0.15, -0.1) is 0 Å². The molecular formula is C17H31NO8. The topological polar surface area (TPSA) is 123 Å². The van der Waals surface area contributed by atoms with E-state index in [-0.39, 0.29) is 70.8 Å². The molecule has 0 fully saturated rings. The maximum atomic E-state index is 11.3. The number of carbonyl (C=O) groups excluding carboxylic acids is 3. The lowest BCUT2D eigenvalue weighted by molar-refractivity contribution is -0.145. The lowest BCUT2D eigenvalue weighted by Crippen LogP contribution is -2.53. The molecule has 152 valence electrons. The summed E-state index contributed by atoms with van der Waals surface area (Å²) in [5.41, 5.74) is 5.27. The lowest BCUT2D eigenvalue weighted by atomic mass is 10.1. The number of hydrogen-bond donors (Lipinski definition) is 1. The van der Waals surface area contributed by atoms with E-state index in [2.05, 4.69) is 0 Å². The van der Waals surface area contributed by atoms with Gasteiger partial charge in [0.15, 0.2) is 0 Å². The number of esters is 2. The zero-order valence-electron chi connectivity index (χ0n) is 15.7. The summed E-state index contributed by atoms with van der Waals surface area (Å²) in [6, 6.07) is 0. The van der Waals surface area contributed by atoms with Gasteiger partial charge in [-0.3, -0.25) is 9.59 Å². The molecule has 9 nitrogen and oxygen atoms in total. The first-order valence-electron chi connectivity index (χ1n) is 8.74. The van der Waals surface area contributed by atoms with Crippen molar-refractivity contribution in [2.45, 2.75) is 38.6 Å². The first kappa shape index (κ1) is 24.5. The summed E-state index contributed by atoms with van der Waals surface area (Å²) in [5.74, 6) is -0.689. The average Bonchev–Trinajstić information content (AvgIpc) is 2.60. The van der Waals surface area contributed by atoms with Gasteiger partial charge in [0, 0.05) is 6.42 Å². The lowest BCUT2D eigenvalue weighted by Gasteiger charge is -2.28. The second kappa shape index (κ2) is 15.7. The second-order valence-electron chi connectivity index (χ2n) is 5.59. The normalized spacial score (nSPS) is 11.2. The molecule has 0 radical (unpaired) electrons. The highest BCUT2D eigenvalue weighted by molar-refractivity contribution is 5.69. The Bertz CT molecular complexity index is 376. The Labute approximate surface area is 154 Å². The van der Waals surface area contributed by atoms with Crippen molar-refractivity contribution in [3.05, 3.63) is 0 Å². The highest BCUT2D eigenvalue weighted by atomic mass is 16.5. The fraction of sp³-hybridized carbons (Fsp3) is 0.824. The van der Waals surface area contributed by atoms with Crippen LogP contribution in [0.2, 0.25) is 0 Å². The number of ether oxygens (including phenoxy) is 5. The molecule has 0 aromatic heterocycles. The third-order valence-electron chi connectivity index (χ3n) is 3.06. The molecule has 0 aliphatic rings. The van der Waals surface area contributed by atoms with Crippen LogP contribution in [0.3, 0.4) is 0 Å². The number of rotatable bonds is 17. The van der Waals surface area contributed by atoms with Crippen LogP contribution in [0.25, 0.3) is 0 Å². The van der Waals surface area contributed by atoms with E-state index in [0.717, 1.165) is 6.29 Å². The summed E-state index contributed by atoms with van der Waals surface area (Å²) < 4.78 is 25.9. The van der Waals surface area contributed by atoms with Crippen LogP contribution in [-0.2, 0) is 38.1 Å². The van der Waals surface area contributed by atoms with Crippen molar-refractivity contribution in [2.75, 3.05) is 52.9 Å². The van der Waals surface area contributed by atoms with Crippen LogP contribution in [0.4, 0.5) is 0 Å². The molecule has 0 aromatic carbocycles. The molecule has 0 saturated carbocycles. The summed E-state index contributed by atoms with van der Waals surface area (Å²) in [4.78, 5) is 32.9. The number of nitrogens with two attached hydrogens (primary N) is 1. The van der Waals surface area contributed by atoms with Gasteiger partial charge in [-0.2, -0.15) is 0 Å². The van der Waals surface area contributed by atoms with Gasteiger partial charge < -0.3 is 34.2 Å². The van der Waals surface area contributed by atoms with Crippen molar-refractivity contribution in [1.82, 2.24) is 0 Å². The number of hydrogen-bond acceptors (Lipinski definition) is 9. The quantitative estimate of drug-likeness (QED) is 0.215. The molecule has 0 aliphatic carbocycles. The van der Waals surface area contributed by atoms with Crippen LogP contribution in [0.1, 0.15) is 33.1 Å². The molecule has 0 atom stereocenters. The largest absolute Gasteiger partial charge is 0.466 e. The van der Waals surface area contributed by atoms with Crippen molar-refractivity contribution in [3.8, 4) is 0 Å². The Kier molecular flexibility index (Phi) is 14.8. The average molecular weight is 377 g/mol. The van der Waals surface area contributed by atoms with Gasteiger partial charge in [0.25, 0.3) is 0 Å². The maximum absolute atomic E-state index is 11.3. The fourth-order valence-corrected chi connectivity index (χ4v) is 1.86. The van der Waals surface area contributed by atoms with E-state index in [1.54, 1.807) is 13.8 Å². The molecule has 0 aromatic rings. The third kappa shape index (κ3) is 13.7. The molecule has 0 heterocycles. The van der Waals surface area contributed by atoms with E-state index in [1.807, 2.05) is 0 Å². The summed E-state index contributed by atoms with van der Waals surface area (Å²) in [6.45, 7) is 4.95. The number of aldehydes is 1.